The molecule has 2 unspecified atom stereocenters. The standard InChI is InChI=1S/C36H41FN2O4/c1-22(35(40)41)34(24-6-7-24)26-8-5-23-9-10-31(43-32(23)18-26)29-17-27(21-39-16-4-3-12-36(39)13-14-36)28(20-30(29)37)25-11-15-38-33(19-25)42-2/h5,8,11,15,17-20,22,24,31,34H,3-4,6-7,9-10,12-14,16,21H2,1-2H3,(H,40,41)/t22-,31?,34?/m0/s1. The number of hydrogen-bond acceptors (Lipinski definition) is 5. The van der Waals surface area contributed by atoms with E-state index in [2.05, 4.69) is 22.0 Å². The van der Waals surface area contributed by atoms with Crippen molar-refractivity contribution >= 4 is 5.97 Å². The molecule has 3 heterocycles. The summed E-state index contributed by atoms with van der Waals surface area (Å²) in [5.74, 6) is 0.126. The number of methoxy groups -OCH3 is 1. The Labute approximate surface area is 253 Å². The first-order valence-electron chi connectivity index (χ1n) is 16.0. The zero-order chi connectivity index (χ0) is 29.7. The predicted octanol–water partition coefficient (Wildman–Crippen LogP) is 7.70. The molecule has 0 radical (unpaired) electrons. The second-order valence-corrected chi connectivity index (χ2v) is 13.2. The van der Waals surface area contributed by atoms with Gasteiger partial charge in [-0.2, -0.15) is 0 Å². The van der Waals surface area contributed by atoms with Gasteiger partial charge in [0.05, 0.1) is 13.0 Å². The van der Waals surface area contributed by atoms with Gasteiger partial charge in [-0.3, -0.25) is 9.69 Å². The third-order valence-electron chi connectivity index (χ3n) is 10.5. The van der Waals surface area contributed by atoms with Crippen molar-refractivity contribution in [2.45, 2.75) is 88.8 Å². The molecule has 1 N–H and O–H groups in total. The Morgan fingerprint density at radius 3 is 2.72 bits per heavy atom. The Bertz CT molecular complexity index is 1530. The molecule has 43 heavy (non-hydrogen) atoms. The number of aliphatic carboxylic acids is 1. The van der Waals surface area contributed by atoms with E-state index in [1.807, 2.05) is 24.3 Å². The lowest BCUT2D eigenvalue weighted by atomic mass is 9.82. The van der Waals surface area contributed by atoms with Crippen LogP contribution in [-0.4, -0.2) is 40.2 Å². The molecule has 2 aliphatic heterocycles. The van der Waals surface area contributed by atoms with Crippen LogP contribution in [0.25, 0.3) is 11.1 Å². The highest BCUT2D eigenvalue weighted by molar-refractivity contribution is 5.71. The SMILES string of the molecule is COc1cc(-c2cc(F)c(C3CCc4ccc(C(C5CC5)[C@H](C)C(=O)O)cc4O3)cc2CN2CCCCC23CC3)ccn1. The minimum absolute atomic E-state index is 0.0361. The van der Waals surface area contributed by atoms with E-state index < -0.39 is 18.0 Å². The lowest BCUT2D eigenvalue weighted by Crippen LogP contribution is -2.41. The molecule has 7 rings (SSSR count). The summed E-state index contributed by atoms with van der Waals surface area (Å²) >= 11 is 0. The van der Waals surface area contributed by atoms with Gasteiger partial charge in [0, 0.05) is 29.9 Å². The number of piperidine rings is 1. The first kappa shape index (κ1) is 28.3. The molecule has 1 aromatic heterocycles. The molecule has 3 aromatic rings. The van der Waals surface area contributed by atoms with Gasteiger partial charge in [-0.1, -0.05) is 25.5 Å². The van der Waals surface area contributed by atoms with Crippen LogP contribution in [0.3, 0.4) is 0 Å². The Kier molecular flexibility index (Phi) is 7.40. The smallest absolute Gasteiger partial charge is 0.306 e. The van der Waals surface area contributed by atoms with E-state index >= 15 is 4.39 Å². The molecule has 4 aliphatic rings. The molecule has 3 atom stereocenters. The number of nitrogens with zero attached hydrogens (tertiary/aromatic N) is 2. The van der Waals surface area contributed by atoms with Gasteiger partial charge >= 0.3 is 5.97 Å². The molecule has 7 heteroatoms. The number of benzene rings is 2. The van der Waals surface area contributed by atoms with E-state index in [1.165, 1.54) is 32.1 Å². The Balaban J connectivity index is 1.23. The lowest BCUT2D eigenvalue weighted by Gasteiger charge is -2.37. The molecule has 2 saturated carbocycles. The highest BCUT2D eigenvalue weighted by Crippen LogP contribution is 2.50. The van der Waals surface area contributed by atoms with Crippen LogP contribution >= 0.6 is 0 Å². The maximum atomic E-state index is 16.1. The first-order valence-corrected chi connectivity index (χ1v) is 16.0. The quantitative estimate of drug-likeness (QED) is 0.278. The van der Waals surface area contributed by atoms with Crippen LogP contribution in [0.2, 0.25) is 0 Å². The summed E-state index contributed by atoms with van der Waals surface area (Å²) in [5.41, 5.74) is 5.88. The molecule has 226 valence electrons. The van der Waals surface area contributed by atoms with E-state index in [0.29, 0.717) is 29.3 Å². The second-order valence-electron chi connectivity index (χ2n) is 13.2. The molecule has 2 aromatic carbocycles. The number of ether oxygens (including phenoxy) is 2. The van der Waals surface area contributed by atoms with Crippen LogP contribution in [0.4, 0.5) is 4.39 Å². The number of aromatic nitrogens is 1. The number of hydrogen-bond donors (Lipinski definition) is 1. The van der Waals surface area contributed by atoms with Crippen molar-refractivity contribution in [3.63, 3.8) is 0 Å². The highest BCUT2D eigenvalue weighted by atomic mass is 19.1. The van der Waals surface area contributed by atoms with Gasteiger partial charge in [0.15, 0.2) is 0 Å². The molecule has 1 saturated heterocycles. The Morgan fingerprint density at radius 1 is 1.14 bits per heavy atom. The molecule has 0 amide bonds. The number of aryl methyl sites for hydroxylation is 1. The molecule has 1 spiro atoms. The van der Waals surface area contributed by atoms with Gasteiger partial charge < -0.3 is 14.6 Å². The Morgan fingerprint density at radius 2 is 1.98 bits per heavy atom. The van der Waals surface area contributed by atoms with Crippen LogP contribution in [0, 0.1) is 17.7 Å². The van der Waals surface area contributed by atoms with Crippen molar-refractivity contribution in [2.75, 3.05) is 13.7 Å². The molecule has 6 nitrogen and oxygen atoms in total. The van der Waals surface area contributed by atoms with Gasteiger partial charge in [-0.15, -0.1) is 0 Å². The topological polar surface area (TPSA) is 71.9 Å². The number of likely N-dealkylation sites (tertiary alicyclic amines) is 1. The number of carboxylic acids is 1. The minimum Gasteiger partial charge on any atom is -0.485 e. The van der Waals surface area contributed by atoms with Crippen LogP contribution in [0.5, 0.6) is 11.6 Å². The van der Waals surface area contributed by atoms with Crippen LogP contribution < -0.4 is 9.47 Å². The average molecular weight is 585 g/mol. The normalized spacial score (nSPS) is 22.3. The summed E-state index contributed by atoms with van der Waals surface area (Å²) < 4.78 is 28.1. The highest BCUT2D eigenvalue weighted by Gasteiger charge is 2.48. The zero-order valence-corrected chi connectivity index (χ0v) is 25.2. The van der Waals surface area contributed by atoms with Crippen molar-refractivity contribution in [2.24, 2.45) is 11.8 Å². The summed E-state index contributed by atoms with van der Waals surface area (Å²) in [6.07, 6.45) is 11.1. The summed E-state index contributed by atoms with van der Waals surface area (Å²) in [7, 11) is 1.60. The molecular formula is C36H41FN2O4. The van der Waals surface area contributed by atoms with Crippen molar-refractivity contribution in [1.82, 2.24) is 9.88 Å². The summed E-state index contributed by atoms with van der Waals surface area (Å²) in [4.78, 5) is 18.8. The summed E-state index contributed by atoms with van der Waals surface area (Å²) in [5, 5.41) is 9.78. The second kappa shape index (κ2) is 11.2. The van der Waals surface area contributed by atoms with E-state index in [9.17, 15) is 9.90 Å². The van der Waals surface area contributed by atoms with Gasteiger partial charge in [-0.25, -0.2) is 9.37 Å². The van der Waals surface area contributed by atoms with Crippen LogP contribution in [-0.2, 0) is 17.8 Å². The predicted molar refractivity (Wildman–Crippen MR) is 163 cm³/mol. The zero-order valence-electron chi connectivity index (χ0n) is 25.2. The molecule has 0 bridgehead atoms. The van der Waals surface area contributed by atoms with Gasteiger partial charge in [-0.05, 0) is 122 Å². The first-order chi connectivity index (χ1) is 20.8. The van der Waals surface area contributed by atoms with Gasteiger partial charge in [0.25, 0.3) is 0 Å². The number of pyridine rings is 1. The molecule has 2 aliphatic carbocycles. The lowest BCUT2D eigenvalue weighted by molar-refractivity contribution is -0.142. The van der Waals surface area contributed by atoms with E-state index in [4.69, 9.17) is 9.47 Å². The number of fused-ring (bicyclic) bond motifs is 1. The largest absolute Gasteiger partial charge is 0.485 e. The van der Waals surface area contributed by atoms with E-state index in [1.54, 1.807) is 26.3 Å². The van der Waals surface area contributed by atoms with Crippen molar-refractivity contribution in [3.8, 4) is 22.8 Å². The number of halogens is 1. The van der Waals surface area contributed by atoms with E-state index in [-0.39, 0.29) is 11.7 Å². The maximum Gasteiger partial charge on any atom is 0.306 e. The monoisotopic (exact) mass is 584 g/mol. The number of rotatable bonds is 9. The minimum atomic E-state index is -0.767. The number of carbonyl (C=O) groups is 1. The third-order valence-corrected chi connectivity index (χ3v) is 10.5. The molecule has 3 fully saturated rings. The van der Waals surface area contributed by atoms with Gasteiger partial charge in [0.1, 0.15) is 17.7 Å². The fraction of sp³-hybridized carbons (Fsp3) is 0.500. The van der Waals surface area contributed by atoms with Crippen molar-refractivity contribution in [1.29, 1.82) is 0 Å². The fourth-order valence-corrected chi connectivity index (χ4v) is 7.68. The van der Waals surface area contributed by atoms with Crippen LogP contribution in [0.1, 0.15) is 92.6 Å². The van der Waals surface area contributed by atoms with E-state index in [0.717, 1.165) is 65.9 Å². The summed E-state index contributed by atoms with van der Waals surface area (Å²) in [6, 6.07) is 13.7. The third kappa shape index (κ3) is 5.52. The molecular weight excluding hydrogens is 543 g/mol. The van der Waals surface area contributed by atoms with Crippen molar-refractivity contribution in [3.05, 3.63) is 76.7 Å². The van der Waals surface area contributed by atoms with Crippen molar-refractivity contribution < 1.29 is 23.8 Å². The van der Waals surface area contributed by atoms with Crippen LogP contribution in [0.15, 0.2) is 48.7 Å². The fourth-order valence-electron chi connectivity index (χ4n) is 7.68. The summed E-state index contributed by atoms with van der Waals surface area (Å²) in [6.45, 7) is 3.65. The average Bonchev–Trinajstić information content (AvgIpc) is 3.97. The van der Waals surface area contributed by atoms with Gasteiger partial charge in [0.2, 0.25) is 5.88 Å². The number of carboxylic acid groups (broad SMARTS) is 1. The Hall–Kier alpha value is -3.45. The maximum absolute atomic E-state index is 16.1.